The average molecular weight is 860 g/mol. The van der Waals surface area contributed by atoms with Gasteiger partial charge in [0.2, 0.25) is 29.7 Å². The molecule has 0 aliphatic carbocycles. The Morgan fingerprint density at radius 2 is 1.48 bits per heavy atom. The molecule has 5 heterocycles. The van der Waals surface area contributed by atoms with Crippen molar-refractivity contribution in [3.05, 3.63) is 23.8 Å². The van der Waals surface area contributed by atoms with Crippen LogP contribution in [-0.2, 0) is 43.2 Å². The lowest BCUT2D eigenvalue weighted by atomic mass is 10.2. The Morgan fingerprint density at radius 1 is 0.867 bits per heavy atom. The molecule has 0 bridgehead atoms. The van der Waals surface area contributed by atoms with Crippen molar-refractivity contribution in [2.45, 2.75) is 51.8 Å². The van der Waals surface area contributed by atoms with Crippen molar-refractivity contribution in [3.8, 4) is 12.3 Å². The fourth-order valence-electron chi connectivity index (χ4n) is 6.32. The number of carbonyl (C=O) groups excluding carboxylic acids is 2. The number of aliphatic imine (C=N–C) groups is 1. The highest BCUT2D eigenvalue weighted by atomic mass is 35.5. The van der Waals surface area contributed by atoms with E-state index in [9.17, 15) is 14.7 Å². The van der Waals surface area contributed by atoms with Crippen LogP contribution in [0.15, 0.2) is 17.4 Å². The molecule has 2 aliphatic rings. The van der Waals surface area contributed by atoms with Crippen LogP contribution in [-0.4, -0.2) is 189 Å². The van der Waals surface area contributed by atoms with E-state index < -0.39 is 12.1 Å². The average Bonchev–Trinajstić information content (AvgIpc) is 3.90. The molecule has 3 aromatic heterocycles. The number of aromatic nitrogens is 9. The minimum Gasteiger partial charge on any atom is -0.393 e. The van der Waals surface area contributed by atoms with E-state index in [1.807, 2.05) is 21.6 Å². The van der Waals surface area contributed by atoms with Gasteiger partial charge in [-0.3, -0.25) is 14.6 Å². The number of nitrogens with zero attached hydrogens (tertiary/aromatic N) is 14. The number of hydrogen-bond acceptors (Lipinski definition) is 17. The Bertz CT molecular complexity index is 1830. The summed E-state index contributed by atoms with van der Waals surface area (Å²) in [6.07, 6.45) is 9.81. The number of nitrogens with two attached hydrogens (primary N) is 2. The number of hydrogen-bond donors (Lipinski definition) is 4. The third-order valence-corrected chi connectivity index (χ3v) is 9.45. The van der Waals surface area contributed by atoms with Crippen molar-refractivity contribution < 1.29 is 28.9 Å². The minimum atomic E-state index is -0.547. The highest BCUT2D eigenvalue weighted by Gasteiger charge is 2.29. The molecule has 2 aliphatic heterocycles. The summed E-state index contributed by atoms with van der Waals surface area (Å²) in [4.78, 5) is 52.7. The van der Waals surface area contributed by atoms with Gasteiger partial charge in [-0.25, -0.2) is 9.36 Å². The Hall–Kier alpha value is -5.41. The molecule has 1 unspecified atom stereocenters. The largest absolute Gasteiger partial charge is 0.393 e. The van der Waals surface area contributed by atoms with Gasteiger partial charge in [-0.05, 0) is 26.7 Å². The summed E-state index contributed by atoms with van der Waals surface area (Å²) in [5.41, 5.74) is 12.2. The molecule has 2 amide bonds. The number of terminal acetylenes is 1. The number of aliphatic hydroxyl groups is 1. The van der Waals surface area contributed by atoms with E-state index >= 15 is 0 Å². The van der Waals surface area contributed by atoms with Gasteiger partial charge in [-0.2, -0.15) is 15.0 Å². The molecule has 5 rings (SSSR count). The maximum Gasteiger partial charge on any atom is 0.247 e. The van der Waals surface area contributed by atoms with Gasteiger partial charge in [0.1, 0.15) is 19.2 Å². The standard InChI is InChI=1S/C36H57N17O6.ClH/c1-4-17-57-19-21-59-22-20-58-18-8-40-34-41-35(50-13-9-48(10-14-50)31(55)26-52-24-30(45-46-52)23-27(2)54)43-36(42-34)51-15-11-49(12-16-51)32(56)28(3)53-25-29(44-47-53)6-5-7-39-33(37)38;/h1,24-25,27-28,54H,5-23,26H2,2-3H3,(H4,37,38,39)(H,40,41,42,43);1H/t27?,28-;/m0./s1. The predicted octanol–water partition coefficient (Wildman–Crippen LogP) is -2.04. The van der Waals surface area contributed by atoms with E-state index in [1.165, 1.54) is 4.68 Å². The molecule has 2 atom stereocenters. The second kappa shape index (κ2) is 24.6. The molecule has 2 saturated heterocycles. The van der Waals surface area contributed by atoms with Crippen LogP contribution in [0.25, 0.3) is 0 Å². The Labute approximate surface area is 355 Å². The first-order chi connectivity index (χ1) is 28.6. The van der Waals surface area contributed by atoms with Gasteiger partial charge in [0.15, 0.2) is 5.96 Å². The Balaban J connectivity index is 0.00000794. The molecule has 3 aromatic rings. The first kappa shape index (κ1) is 47.3. The second-order valence-corrected chi connectivity index (χ2v) is 14.1. The van der Waals surface area contributed by atoms with Crippen molar-refractivity contribution in [3.63, 3.8) is 0 Å². The fraction of sp³-hybridized carbons (Fsp3) is 0.667. The van der Waals surface area contributed by atoms with Gasteiger partial charge >= 0.3 is 0 Å². The van der Waals surface area contributed by atoms with Gasteiger partial charge in [0.05, 0.1) is 50.5 Å². The van der Waals surface area contributed by atoms with Crippen molar-refractivity contribution in [1.82, 2.24) is 54.7 Å². The molecular formula is C36H58ClN17O6. The number of carbonyl (C=O) groups is 2. The van der Waals surface area contributed by atoms with Crippen LogP contribution in [0.5, 0.6) is 0 Å². The topological polar surface area (TPSA) is 272 Å². The predicted molar refractivity (Wildman–Crippen MR) is 224 cm³/mol. The normalized spacial score (nSPS) is 15.2. The number of amides is 2. The van der Waals surface area contributed by atoms with Crippen molar-refractivity contribution in [1.29, 1.82) is 0 Å². The summed E-state index contributed by atoms with van der Waals surface area (Å²) in [7, 11) is 0. The molecule has 24 heteroatoms. The number of rotatable bonds is 23. The molecule has 330 valence electrons. The lowest BCUT2D eigenvalue weighted by molar-refractivity contribution is -0.135. The van der Waals surface area contributed by atoms with Crippen LogP contribution in [0.3, 0.4) is 0 Å². The van der Waals surface area contributed by atoms with Crippen LogP contribution < -0.4 is 26.6 Å². The highest BCUT2D eigenvalue weighted by Crippen LogP contribution is 2.21. The lowest BCUT2D eigenvalue weighted by Crippen LogP contribution is -2.51. The van der Waals surface area contributed by atoms with E-state index in [0.717, 1.165) is 5.69 Å². The van der Waals surface area contributed by atoms with Crippen molar-refractivity contribution in [2.75, 3.05) is 120 Å². The summed E-state index contributed by atoms with van der Waals surface area (Å²) in [6, 6.07) is -0.531. The summed E-state index contributed by atoms with van der Waals surface area (Å²) in [5.74, 6) is 3.69. The van der Waals surface area contributed by atoms with E-state index in [4.69, 9.17) is 47.1 Å². The smallest absolute Gasteiger partial charge is 0.247 e. The first-order valence-corrected chi connectivity index (χ1v) is 19.9. The molecule has 60 heavy (non-hydrogen) atoms. The van der Waals surface area contributed by atoms with Gasteiger partial charge in [0, 0.05) is 84.3 Å². The molecular weight excluding hydrogens is 802 g/mol. The number of halogens is 1. The van der Waals surface area contributed by atoms with E-state index in [2.05, 4.69) is 36.9 Å². The summed E-state index contributed by atoms with van der Waals surface area (Å²) in [5, 5.41) is 29.4. The quantitative estimate of drug-likeness (QED) is 0.0346. The number of piperazine rings is 2. The second-order valence-electron chi connectivity index (χ2n) is 14.1. The fourth-order valence-corrected chi connectivity index (χ4v) is 6.32. The summed E-state index contributed by atoms with van der Waals surface area (Å²) >= 11 is 0. The van der Waals surface area contributed by atoms with Gasteiger partial charge in [-0.1, -0.05) is 16.3 Å². The Kier molecular flexibility index (Phi) is 19.4. The third kappa shape index (κ3) is 15.0. The molecule has 6 N–H and O–H groups in total. The third-order valence-electron chi connectivity index (χ3n) is 9.45. The van der Waals surface area contributed by atoms with Crippen LogP contribution in [0.1, 0.15) is 37.7 Å². The number of anilines is 3. The van der Waals surface area contributed by atoms with Crippen molar-refractivity contribution >= 4 is 48.0 Å². The minimum absolute atomic E-state index is 0. The molecule has 0 saturated carbocycles. The van der Waals surface area contributed by atoms with Crippen LogP contribution in [0.2, 0.25) is 0 Å². The number of guanidine groups is 1. The summed E-state index contributed by atoms with van der Waals surface area (Å²) in [6.45, 7) is 10.7. The van der Waals surface area contributed by atoms with Crippen molar-refractivity contribution in [2.24, 2.45) is 16.5 Å². The first-order valence-electron chi connectivity index (χ1n) is 19.9. The summed E-state index contributed by atoms with van der Waals surface area (Å²) < 4.78 is 19.5. The van der Waals surface area contributed by atoms with E-state index in [-0.39, 0.29) is 43.3 Å². The van der Waals surface area contributed by atoms with Crippen LogP contribution in [0, 0.1) is 12.3 Å². The number of aliphatic hydroxyl groups excluding tert-OH is 1. The number of ether oxygens (including phenoxy) is 3. The zero-order chi connectivity index (χ0) is 42.0. The van der Waals surface area contributed by atoms with Gasteiger partial charge < -0.3 is 55.7 Å². The van der Waals surface area contributed by atoms with Gasteiger partial charge in [-0.15, -0.1) is 29.0 Å². The molecule has 0 radical (unpaired) electrons. The molecule has 2 fully saturated rings. The molecule has 0 spiro atoms. The maximum atomic E-state index is 13.5. The molecule has 0 aromatic carbocycles. The SMILES string of the molecule is C#CCOCCOCCOCCNc1nc(N2CCN(C(=O)Cn3cc(CC(C)O)nn3)CC2)nc(N2CCN(C(=O)[C@H](C)n3cc(CCCN=C(N)N)nn3)CC2)n1.Cl. The highest BCUT2D eigenvalue weighted by molar-refractivity contribution is 5.85. The van der Waals surface area contributed by atoms with Crippen LogP contribution >= 0.6 is 12.4 Å². The Morgan fingerprint density at radius 3 is 2.12 bits per heavy atom. The van der Waals surface area contributed by atoms with Gasteiger partial charge in [0.25, 0.3) is 0 Å². The lowest BCUT2D eigenvalue weighted by Gasteiger charge is -2.37. The number of nitrogens with one attached hydrogen (secondary N) is 1. The zero-order valence-electron chi connectivity index (χ0n) is 34.3. The zero-order valence-corrected chi connectivity index (χ0v) is 35.2. The van der Waals surface area contributed by atoms with E-state index in [0.29, 0.717) is 141 Å². The monoisotopic (exact) mass is 859 g/mol. The number of aryl methyl sites for hydroxylation is 1. The maximum absolute atomic E-state index is 13.5. The molecule has 23 nitrogen and oxygen atoms in total. The van der Waals surface area contributed by atoms with Crippen LogP contribution in [0.4, 0.5) is 17.8 Å². The van der Waals surface area contributed by atoms with E-state index in [1.54, 1.807) is 28.9 Å².